The summed E-state index contributed by atoms with van der Waals surface area (Å²) >= 11 is 0. The van der Waals surface area contributed by atoms with Crippen LogP contribution >= 0.6 is 0 Å². The van der Waals surface area contributed by atoms with Gasteiger partial charge in [-0.25, -0.2) is 0 Å². The first-order chi connectivity index (χ1) is 5.49. The quantitative estimate of drug-likeness (QED) is 0.468. The van der Waals surface area contributed by atoms with E-state index < -0.39 is 0 Å². The molecule has 2 heteroatoms. The summed E-state index contributed by atoms with van der Waals surface area (Å²) in [5, 5.41) is 0. The number of hydrogen-bond acceptors (Lipinski definition) is 2. The summed E-state index contributed by atoms with van der Waals surface area (Å²) < 4.78 is 0. The maximum Gasteiger partial charge on any atom is 0.155 e. The third kappa shape index (κ3) is 3.46. The number of allylic oxidation sites excluding steroid dienone is 2. The molecular formula is C10H17NO. The number of rotatable bonds is 3. The van der Waals surface area contributed by atoms with E-state index in [1.54, 1.807) is 14.0 Å². The summed E-state index contributed by atoms with van der Waals surface area (Å²) in [7, 11) is 1.75. The second kappa shape index (κ2) is 4.86. The van der Waals surface area contributed by atoms with Gasteiger partial charge in [0.05, 0.1) is 0 Å². The van der Waals surface area contributed by atoms with Crippen molar-refractivity contribution in [2.75, 3.05) is 7.05 Å². The first-order valence-electron chi connectivity index (χ1n) is 4.15. The van der Waals surface area contributed by atoms with Crippen molar-refractivity contribution in [1.29, 1.82) is 0 Å². The van der Waals surface area contributed by atoms with Crippen molar-refractivity contribution in [3.05, 3.63) is 11.6 Å². The smallest absolute Gasteiger partial charge is 0.155 e. The molecule has 0 saturated carbocycles. The monoisotopic (exact) mass is 167 g/mol. The highest BCUT2D eigenvalue weighted by Gasteiger charge is 2.03. The summed E-state index contributed by atoms with van der Waals surface area (Å²) in [6, 6.07) is 0. The summed E-state index contributed by atoms with van der Waals surface area (Å²) in [4.78, 5) is 15.0. The predicted molar refractivity (Wildman–Crippen MR) is 52.6 cm³/mol. The molecule has 68 valence electrons. The summed E-state index contributed by atoms with van der Waals surface area (Å²) in [6.07, 6.45) is 1.85. The van der Waals surface area contributed by atoms with Crippen LogP contribution < -0.4 is 0 Å². The van der Waals surface area contributed by atoms with Gasteiger partial charge in [-0.15, -0.1) is 0 Å². The number of ketones is 1. The van der Waals surface area contributed by atoms with Crippen molar-refractivity contribution in [2.24, 2.45) is 10.9 Å². The molecular weight excluding hydrogens is 150 g/mol. The van der Waals surface area contributed by atoms with E-state index in [1.165, 1.54) is 0 Å². The molecule has 0 aromatic carbocycles. The highest BCUT2D eigenvalue weighted by molar-refractivity contribution is 6.04. The standard InChI is InChI=1S/C10H17NO/c1-7(2)10(11-5)6-8(3)9(4)12/h6-7H,1-5H3/b8-6-,11-10?. The van der Waals surface area contributed by atoms with Gasteiger partial charge < -0.3 is 0 Å². The van der Waals surface area contributed by atoms with E-state index in [1.807, 2.05) is 13.0 Å². The molecule has 0 aromatic heterocycles. The molecule has 12 heavy (non-hydrogen) atoms. The Morgan fingerprint density at radius 3 is 2.08 bits per heavy atom. The fourth-order valence-corrected chi connectivity index (χ4v) is 0.813. The molecule has 0 heterocycles. The van der Waals surface area contributed by atoms with Crippen LogP contribution in [0.5, 0.6) is 0 Å². The van der Waals surface area contributed by atoms with Gasteiger partial charge in [0.2, 0.25) is 0 Å². The van der Waals surface area contributed by atoms with Gasteiger partial charge in [0.15, 0.2) is 5.78 Å². The van der Waals surface area contributed by atoms with Crippen molar-refractivity contribution < 1.29 is 4.79 Å². The second-order valence-electron chi connectivity index (χ2n) is 3.19. The molecule has 0 aliphatic rings. The molecule has 0 spiro atoms. The van der Waals surface area contributed by atoms with Crippen LogP contribution in [-0.2, 0) is 4.79 Å². The van der Waals surface area contributed by atoms with Gasteiger partial charge in [-0.3, -0.25) is 9.79 Å². The number of carbonyl (C=O) groups is 1. The Balaban J connectivity index is 4.60. The normalized spacial score (nSPS) is 13.8. The Labute approximate surface area is 74.4 Å². The minimum Gasteiger partial charge on any atom is -0.295 e. The molecule has 0 N–H and O–H groups in total. The number of aliphatic imine (C=N–C) groups is 1. The molecule has 0 aliphatic heterocycles. The Bertz CT molecular complexity index is 224. The van der Waals surface area contributed by atoms with E-state index in [9.17, 15) is 4.79 Å². The predicted octanol–water partition coefficient (Wildman–Crippen LogP) is 2.25. The molecule has 0 amide bonds. The highest BCUT2D eigenvalue weighted by atomic mass is 16.1. The highest BCUT2D eigenvalue weighted by Crippen LogP contribution is 2.03. The van der Waals surface area contributed by atoms with E-state index >= 15 is 0 Å². The Morgan fingerprint density at radius 1 is 1.33 bits per heavy atom. The van der Waals surface area contributed by atoms with Crippen LogP contribution in [-0.4, -0.2) is 18.5 Å². The van der Waals surface area contributed by atoms with Crippen LogP contribution in [0.2, 0.25) is 0 Å². The minimum atomic E-state index is 0.108. The molecule has 0 atom stereocenters. The fraction of sp³-hybridized carbons (Fsp3) is 0.600. The first kappa shape index (κ1) is 11.1. The number of carbonyl (C=O) groups excluding carboxylic acids is 1. The van der Waals surface area contributed by atoms with Crippen LogP contribution in [0.3, 0.4) is 0 Å². The van der Waals surface area contributed by atoms with E-state index in [4.69, 9.17) is 0 Å². The molecule has 0 radical (unpaired) electrons. The average molecular weight is 167 g/mol. The SMILES string of the molecule is CN=C(/C=C(/C)C(C)=O)C(C)C. The lowest BCUT2D eigenvalue weighted by molar-refractivity contribution is -0.113. The van der Waals surface area contributed by atoms with E-state index in [0.29, 0.717) is 5.92 Å². The Hall–Kier alpha value is -0.920. The third-order valence-electron chi connectivity index (χ3n) is 1.77. The van der Waals surface area contributed by atoms with Gasteiger partial charge in [0, 0.05) is 12.8 Å². The third-order valence-corrected chi connectivity index (χ3v) is 1.77. The van der Waals surface area contributed by atoms with Gasteiger partial charge in [0.1, 0.15) is 0 Å². The van der Waals surface area contributed by atoms with E-state index in [0.717, 1.165) is 11.3 Å². The molecule has 0 saturated heterocycles. The van der Waals surface area contributed by atoms with Crippen LogP contribution in [0, 0.1) is 5.92 Å². The van der Waals surface area contributed by atoms with Crippen molar-refractivity contribution in [3.8, 4) is 0 Å². The molecule has 0 aliphatic carbocycles. The van der Waals surface area contributed by atoms with Crippen molar-refractivity contribution >= 4 is 11.5 Å². The molecule has 0 fully saturated rings. The lowest BCUT2D eigenvalue weighted by Crippen LogP contribution is -2.06. The zero-order chi connectivity index (χ0) is 9.72. The van der Waals surface area contributed by atoms with Crippen LogP contribution in [0.4, 0.5) is 0 Å². The average Bonchev–Trinajstić information content (AvgIpc) is 1.98. The van der Waals surface area contributed by atoms with Crippen molar-refractivity contribution in [3.63, 3.8) is 0 Å². The van der Waals surface area contributed by atoms with Crippen LogP contribution in [0.25, 0.3) is 0 Å². The first-order valence-corrected chi connectivity index (χ1v) is 4.15. The number of hydrogen-bond donors (Lipinski definition) is 0. The minimum absolute atomic E-state index is 0.108. The Kier molecular flexibility index (Phi) is 4.49. The second-order valence-corrected chi connectivity index (χ2v) is 3.19. The van der Waals surface area contributed by atoms with Crippen molar-refractivity contribution in [2.45, 2.75) is 27.7 Å². The number of nitrogens with zero attached hydrogens (tertiary/aromatic N) is 1. The molecule has 0 unspecified atom stereocenters. The zero-order valence-electron chi connectivity index (χ0n) is 8.51. The van der Waals surface area contributed by atoms with Crippen molar-refractivity contribution in [1.82, 2.24) is 0 Å². The summed E-state index contributed by atoms with van der Waals surface area (Å²) in [6.45, 7) is 7.51. The Morgan fingerprint density at radius 2 is 1.83 bits per heavy atom. The van der Waals surface area contributed by atoms with E-state index in [2.05, 4.69) is 18.8 Å². The maximum atomic E-state index is 10.9. The zero-order valence-corrected chi connectivity index (χ0v) is 8.51. The lowest BCUT2D eigenvalue weighted by atomic mass is 10.0. The largest absolute Gasteiger partial charge is 0.295 e. The van der Waals surface area contributed by atoms with Crippen LogP contribution in [0.15, 0.2) is 16.6 Å². The van der Waals surface area contributed by atoms with Crippen LogP contribution in [0.1, 0.15) is 27.7 Å². The molecule has 2 nitrogen and oxygen atoms in total. The maximum absolute atomic E-state index is 10.9. The molecule has 0 bridgehead atoms. The summed E-state index contributed by atoms with van der Waals surface area (Å²) in [5.41, 5.74) is 1.74. The van der Waals surface area contributed by atoms with E-state index in [-0.39, 0.29) is 5.78 Å². The number of Topliss-reactive ketones (excluding diaryl/α,β-unsaturated/α-hetero) is 1. The van der Waals surface area contributed by atoms with Gasteiger partial charge in [0.25, 0.3) is 0 Å². The summed E-state index contributed by atoms with van der Waals surface area (Å²) in [5.74, 6) is 0.487. The van der Waals surface area contributed by atoms with Gasteiger partial charge in [-0.2, -0.15) is 0 Å². The fourth-order valence-electron chi connectivity index (χ4n) is 0.813. The molecule has 0 rings (SSSR count). The van der Waals surface area contributed by atoms with Gasteiger partial charge in [-0.05, 0) is 31.4 Å². The molecule has 0 aromatic rings. The van der Waals surface area contributed by atoms with Gasteiger partial charge >= 0.3 is 0 Å². The lowest BCUT2D eigenvalue weighted by Gasteiger charge is -2.04. The van der Waals surface area contributed by atoms with Gasteiger partial charge in [-0.1, -0.05) is 13.8 Å². The topological polar surface area (TPSA) is 29.4 Å².